The first-order chi connectivity index (χ1) is 23.6. The molecule has 0 aliphatic carbocycles. The number of para-hydroxylation sites is 1. The number of hydrazone groups is 1. The van der Waals surface area contributed by atoms with Crippen molar-refractivity contribution in [3.05, 3.63) is 131 Å². The summed E-state index contributed by atoms with van der Waals surface area (Å²) >= 11 is 0. The van der Waals surface area contributed by atoms with Crippen molar-refractivity contribution in [3.63, 3.8) is 0 Å². The van der Waals surface area contributed by atoms with Gasteiger partial charge in [0, 0.05) is 12.7 Å². The lowest BCUT2D eigenvalue weighted by Gasteiger charge is -2.22. The van der Waals surface area contributed by atoms with Crippen LogP contribution in [0.1, 0.15) is 11.3 Å². The van der Waals surface area contributed by atoms with E-state index in [4.69, 9.17) is 9.47 Å². The second kappa shape index (κ2) is 15.2. The molecular formula is C35H34N6O7S. The molecule has 1 aromatic heterocycles. The topological polar surface area (TPSA) is 153 Å². The van der Waals surface area contributed by atoms with Crippen molar-refractivity contribution in [1.29, 1.82) is 0 Å². The van der Waals surface area contributed by atoms with E-state index in [-0.39, 0.29) is 23.1 Å². The molecule has 5 rings (SSSR count). The molecule has 0 atom stereocenters. The number of ether oxygens (including phenoxy) is 2. The number of benzene rings is 4. The van der Waals surface area contributed by atoms with Gasteiger partial charge in [0.2, 0.25) is 0 Å². The van der Waals surface area contributed by atoms with Gasteiger partial charge in [-0.3, -0.25) is 19.1 Å². The van der Waals surface area contributed by atoms with Gasteiger partial charge in [0.25, 0.3) is 27.4 Å². The number of nitrogens with one attached hydrogen (secondary N) is 2. The zero-order valence-electron chi connectivity index (χ0n) is 26.9. The van der Waals surface area contributed by atoms with E-state index in [0.29, 0.717) is 34.1 Å². The second-order valence-electron chi connectivity index (χ2n) is 10.7. The molecule has 1 heterocycles. The highest BCUT2D eigenvalue weighted by Crippen LogP contribution is 2.25. The fraction of sp³-hybridized carbons (Fsp3) is 0.143. The van der Waals surface area contributed by atoms with Gasteiger partial charge in [-0.2, -0.15) is 5.10 Å². The number of carbonyl (C=O) groups excluding carboxylic acids is 2. The third-order valence-corrected chi connectivity index (χ3v) is 9.18. The molecule has 0 saturated carbocycles. The van der Waals surface area contributed by atoms with E-state index in [1.54, 1.807) is 118 Å². The maximum absolute atomic E-state index is 13.9. The van der Waals surface area contributed by atoms with Crippen molar-refractivity contribution in [2.75, 3.05) is 29.9 Å². The number of sulfonamides is 1. The largest absolute Gasteiger partial charge is 0.497 e. The molecule has 4 aromatic carbocycles. The predicted octanol–water partition coefficient (Wildman–Crippen LogP) is 3.86. The molecule has 0 radical (unpaired) electrons. The van der Waals surface area contributed by atoms with Gasteiger partial charge in [-0.15, -0.1) is 0 Å². The van der Waals surface area contributed by atoms with Gasteiger partial charge >= 0.3 is 0 Å². The van der Waals surface area contributed by atoms with Crippen molar-refractivity contribution in [3.8, 4) is 17.2 Å². The molecule has 252 valence electrons. The maximum atomic E-state index is 13.9. The number of nitrogens with zero attached hydrogens (tertiary/aromatic N) is 4. The molecular weight excluding hydrogens is 648 g/mol. The van der Waals surface area contributed by atoms with Crippen LogP contribution < -0.4 is 30.1 Å². The van der Waals surface area contributed by atoms with Crippen LogP contribution in [0.15, 0.2) is 124 Å². The molecule has 49 heavy (non-hydrogen) atoms. The summed E-state index contributed by atoms with van der Waals surface area (Å²) in [4.78, 5) is 39.1. The van der Waals surface area contributed by atoms with Crippen LogP contribution >= 0.6 is 0 Å². The van der Waals surface area contributed by atoms with Crippen LogP contribution in [0.2, 0.25) is 0 Å². The number of anilines is 2. The Bertz CT molecular complexity index is 2110. The molecule has 5 aromatic rings. The number of hydrogen-bond donors (Lipinski definition) is 2. The summed E-state index contributed by atoms with van der Waals surface area (Å²) in [5, 5.41) is 6.70. The molecule has 0 spiro atoms. The molecule has 0 aliphatic heterocycles. The van der Waals surface area contributed by atoms with E-state index in [0.717, 1.165) is 4.31 Å². The minimum atomic E-state index is -4.35. The molecule has 13 nitrogen and oxygen atoms in total. The average Bonchev–Trinajstić information content (AvgIpc) is 3.34. The molecule has 2 N–H and O–H groups in total. The standard InChI is InChI=1S/C35H34N6O7S/c1-25-34(35(44)41(39(25)2)28-10-6-4-7-11-28)40(49(45,46)31-12-8-5-9-13-31)23-32(42)38-36-22-26-14-18-30(19-15-26)48-24-33(43)37-27-16-20-29(47-3)21-17-27/h4-22H,23-24H2,1-3H3,(H,37,43)(H,38,42)/b36-22-. The van der Waals surface area contributed by atoms with Gasteiger partial charge in [0.15, 0.2) is 6.61 Å². The predicted molar refractivity (Wildman–Crippen MR) is 186 cm³/mol. The van der Waals surface area contributed by atoms with Crippen molar-refractivity contribution in [2.45, 2.75) is 11.8 Å². The van der Waals surface area contributed by atoms with Gasteiger partial charge in [-0.05, 0) is 85.3 Å². The molecule has 0 bridgehead atoms. The third-order valence-electron chi connectivity index (χ3n) is 7.42. The van der Waals surface area contributed by atoms with E-state index in [2.05, 4.69) is 15.8 Å². The summed E-state index contributed by atoms with van der Waals surface area (Å²) in [5.74, 6) is -0.00132. The van der Waals surface area contributed by atoms with Crippen molar-refractivity contribution in [2.24, 2.45) is 12.1 Å². The van der Waals surface area contributed by atoms with Gasteiger partial charge in [0.05, 0.1) is 29.6 Å². The monoisotopic (exact) mass is 682 g/mol. The Hall–Kier alpha value is -6.15. The Morgan fingerprint density at radius 2 is 1.47 bits per heavy atom. The summed E-state index contributed by atoms with van der Waals surface area (Å²) in [5.41, 5.74) is 3.64. The van der Waals surface area contributed by atoms with Crippen LogP contribution in [0.5, 0.6) is 11.5 Å². The number of rotatable bonds is 13. The van der Waals surface area contributed by atoms with Crippen molar-refractivity contribution in [1.82, 2.24) is 14.8 Å². The first kappa shape index (κ1) is 34.2. The smallest absolute Gasteiger partial charge is 0.296 e. The lowest BCUT2D eigenvalue weighted by atomic mass is 10.2. The molecule has 0 aliphatic rings. The van der Waals surface area contributed by atoms with E-state index in [9.17, 15) is 22.8 Å². The Kier molecular flexibility index (Phi) is 10.6. The van der Waals surface area contributed by atoms with E-state index >= 15 is 0 Å². The van der Waals surface area contributed by atoms with Crippen LogP contribution in [0.4, 0.5) is 11.4 Å². The Morgan fingerprint density at radius 1 is 0.857 bits per heavy atom. The molecule has 14 heteroatoms. The Balaban J connectivity index is 1.26. The highest BCUT2D eigenvalue weighted by Gasteiger charge is 2.33. The van der Waals surface area contributed by atoms with Crippen LogP contribution in [-0.4, -0.2) is 56.1 Å². The van der Waals surface area contributed by atoms with Gasteiger partial charge < -0.3 is 14.8 Å². The third kappa shape index (κ3) is 8.05. The second-order valence-corrected chi connectivity index (χ2v) is 12.5. The van der Waals surface area contributed by atoms with Crippen molar-refractivity contribution < 1.29 is 27.5 Å². The zero-order chi connectivity index (χ0) is 35.0. The number of amides is 2. The van der Waals surface area contributed by atoms with Crippen LogP contribution in [0.3, 0.4) is 0 Å². The fourth-order valence-corrected chi connectivity index (χ4v) is 6.35. The summed E-state index contributed by atoms with van der Waals surface area (Å²) in [6.45, 7) is 0.685. The van der Waals surface area contributed by atoms with E-state index < -0.39 is 28.0 Å². The SMILES string of the molecule is COc1ccc(NC(=O)COc2ccc(/C=N\NC(=O)CN(c3c(C)n(C)n(-c4ccccc4)c3=O)S(=O)(=O)c3ccccc3)cc2)cc1. The molecule has 0 fully saturated rings. The summed E-state index contributed by atoms with van der Waals surface area (Å²) in [6, 6.07) is 29.8. The van der Waals surface area contributed by atoms with Gasteiger partial charge in [0.1, 0.15) is 23.7 Å². The number of methoxy groups -OCH3 is 1. The molecule has 2 amide bonds. The first-order valence-corrected chi connectivity index (χ1v) is 16.4. The lowest BCUT2D eigenvalue weighted by molar-refractivity contribution is -0.119. The normalized spacial score (nSPS) is 11.2. The first-order valence-electron chi connectivity index (χ1n) is 15.0. The summed E-state index contributed by atoms with van der Waals surface area (Å²) in [7, 11) is -1.15. The van der Waals surface area contributed by atoms with Crippen LogP contribution in [-0.2, 0) is 26.7 Å². The minimum absolute atomic E-state index is 0.0827. The number of hydrogen-bond acceptors (Lipinski definition) is 8. The molecule has 0 saturated heterocycles. The van der Waals surface area contributed by atoms with Gasteiger partial charge in [-0.1, -0.05) is 36.4 Å². The van der Waals surface area contributed by atoms with Crippen LogP contribution in [0, 0.1) is 6.92 Å². The van der Waals surface area contributed by atoms with E-state index in [1.807, 2.05) is 0 Å². The Morgan fingerprint density at radius 3 is 2.10 bits per heavy atom. The average molecular weight is 683 g/mol. The van der Waals surface area contributed by atoms with Gasteiger partial charge in [-0.25, -0.2) is 22.8 Å². The number of carbonyl (C=O) groups is 2. The summed E-state index contributed by atoms with van der Waals surface area (Å²) < 4.78 is 42.1. The highest BCUT2D eigenvalue weighted by molar-refractivity contribution is 7.92. The molecule has 0 unspecified atom stereocenters. The Labute approximate surface area is 283 Å². The highest BCUT2D eigenvalue weighted by atomic mass is 32.2. The maximum Gasteiger partial charge on any atom is 0.296 e. The lowest BCUT2D eigenvalue weighted by Crippen LogP contribution is -2.42. The van der Waals surface area contributed by atoms with Crippen molar-refractivity contribution >= 4 is 39.4 Å². The quantitative estimate of drug-likeness (QED) is 0.141. The summed E-state index contributed by atoms with van der Waals surface area (Å²) in [6.07, 6.45) is 1.37. The number of aromatic nitrogens is 2. The minimum Gasteiger partial charge on any atom is -0.497 e. The van der Waals surface area contributed by atoms with E-state index in [1.165, 1.54) is 27.7 Å². The van der Waals surface area contributed by atoms with Crippen LogP contribution in [0.25, 0.3) is 5.69 Å². The fourth-order valence-electron chi connectivity index (χ4n) is 4.86. The zero-order valence-corrected chi connectivity index (χ0v) is 27.8.